The van der Waals surface area contributed by atoms with Crippen molar-refractivity contribution in [2.45, 2.75) is 57.3 Å². The Hall–Kier alpha value is -4.16. The number of aliphatic carboxylic acids is 1. The Morgan fingerprint density at radius 1 is 0.718 bits per heavy atom. The molecule has 4 atom stereocenters. The number of aromatic hydroxyl groups is 2. The summed E-state index contributed by atoms with van der Waals surface area (Å²) in [6.45, 7) is 2.95. The van der Waals surface area contributed by atoms with Gasteiger partial charge in [0.15, 0.2) is 0 Å². The molecule has 0 bridgehead atoms. The molecule has 0 aliphatic heterocycles. The third-order valence-corrected chi connectivity index (χ3v) is 5.88. The maximum absolute atomic E-state index is 13.2. The van der Waals surface area contributed by atoms with E-state index in [0.29, 0.717) is 17.5 Å². The zero-order valence-electron chi connectivity index (χ0n) is 21.8. The standard InChI is InChI=1S/C27H36N4O8/c1-15(2)11-20(28)24(35)29-21(12-16-3-7-18(33)8-4-16)25(36)31-23(14-32)26(37)30-22(27(38)39)13-17-5-9-19(34)10-6-17/h3-10,15,20-23,32-34H,11-14,28H2,1-2H3,(H,29,35)(H,30,37)(H,31,36)(H,38,39). The molecule has 0 fully saturated rings. The Morgan fingerprint density at radius 2 is 1.13 bits per heavy atom. The van der Waals surface area contributed by atoms with E-state index in [2.05, 4.69) is 16.0 Å². The van der Waals surface area contributed by atoms with Gasteiger partial charge in [-0.1, -0.05) is 38.1 Å². The molecule has 3 amide bonds. The van der Waals surface area contributed by atoms with E-state index in [1.54, 1.807) is 12.1 Å². The Kier molecular flexibility index (Phi) is 11.7. The van der Waals surface area contributed by atoms with E-state index in [0.717, 1.165) is 0 Å². The van der Waals surface area contributed by atoms with Crippen LogP contribution >= 0.6 is 0 Å². The molecular formula is C27H36N4O8. The van der Waals surface area contributed by atoms with Gasteiger partial charge in [-0.3, -0.25) is 14.4 Å². The minimum Gasteiger partial charge on any atom is -0.508 e. The molecule has 2 aromatic carbocycles. The molecule has 212 valence electrons. The van der Waals surface area contributed by atoms with Gasteiger partial charge in [-0.15, -0.1) is 0 Å². The van der Waals surface area contributed by atoms with Gasteiger partial charge in [-0.2, -0.15) is 0 Å². The molecule has 0 heterocycles. The van der Waals surface area contributed by atoms with Crippen LogP contribution in [-0.2, 0) is 32.0 Å². The first kappa shape index (κ1) is 31.1. The average Bonchev–Trinajstić information content (AvgIpc) is 2.88. The Bertz CT molecular complexity index is 1120. The minimum absolute atomic E-state index is 0.00294. The quantitative estimate of drug-likeness (QED) is 0.158. The van der Waals surface area contributed by atoms with Crippen LogP contribution in [0.5, 0.6) is 11.5 Å². The highest BCUT2D eigenvalue weighted by Gasteiger charge is 2.30. The van der Waals surface area contributed by atoms with Gasteiger partial charge in [0.05, 0.1) is 12.6 Å². The summed E-state index contributed by atoms with van der Waals surface area (Å²) in [6.07, 6.45) is 0.254. The lowest BCUT2D eigenvalue weighted by atomic mass is 10.0. The Morgan fingerprint density at radius 3 is 1.56 bits per heavy atom. The summed E-state index contributed by atoms with van der Waals surface area (Å²) in [5.74, 6) is -3.52. The molecule has 0 aromatic heterocycles. The van der Waals surface area contributed by atoms with E-state index < -0.39 is 54.5 Å². The van der Waals surface area contributed by atoms with Crippen LogP contribution in [0.3, 0.4) is 0 Å². The highest BCUT2D eigenvalue weighted by molar-refractivity contribution is 5.94. The third kappa shape index (κ3) is 10.3. The number of aliphatic hydroxyl groups is 1. The van der Waals surface area contributed by atoms with Gasteiger partial charge >= 0.3 is 5.97 Å². The summed E-state index contributed by atoms with van der Waals surface area (Å²) in [4.78, 5) is 50.4. The van der Waals surface area contributed by atoms with Gasteiger partial charge < -0.3 is 42.1 Å². The number of carboxylic acids is 1. The number of rotatable bonds is 14. The third-order valence-electron chi connectivity index (χ3n) is 5.88. The van der Waals surface area contributed by atoms with E-state index in [1.165, 1.54) is 36.4 Å². The Balaban J connectivity index is 2.15. The SMILES string of the molecule is CC(C)CC(N)C(=O)NC(Cc1ccc(O)cc1)C(=O)NC(CO)C(=O)NC(Cc1ccc(O)cc1)C(=O)O. The monoisotopic (exact) mass is 544 g/mol. The van der Waals surface area contributed by atoms with E-state index >= 15 is 0 Å². The maximum atomic E-state index is 13.2. The fourth-order valence-corrected chi connectivity index (χ4v) is 3.78. The van der Waals surface area contributed by atoms with Crippen molar-refractivity contribution in [1.82, 2.24) is 16.0 Å². The fourth-order valence-electron chi connectivity index (χ4n) is 3.78. The molecule has 12 nitrogen and oxygen atoms in total. The number of phenols is 2. The largest absolute Gasteiger partial charge is 0.508 e. The van der Waals surface area contributed by atoms with Crippen molar-refractivity contribution >= 4 is 23.7 Å². The van der Waals surface area contributed by atoms with Crippen LogP contribution in [0.1, 0.15) is 31.4 Å². The minimum atomic E-state index is -1.51. The number of nitrogens with two attached hydrogens (primary N) is 1. The molecule has 0 saturated carbocycles. The number of phenolic OH excluding ortho intramolecular Hbond substituents is 2. The highest BCUT2D eigenvalue weighted by atomic mass is 16.4. The molecule has 2 rings (SSSR count). The van der Waals surface area contributed by atoms with Crippen molar-refractivity contribution in [1.29, 1.82) is 0 Å². The summed E-state index contributed by atoms with van der Waals surface area (Å²) >= 11 is 0. The molecule has 0 spiro atoms. The first-order valence-corrected chi connectivity index (χ1v) is 12.5. The Labute approximate surface area is 226 Å². The van der Waals surface area contributed by atoms with E-state index in [4.69, 9.17) is 5.73 Å². The van der Waals surface area contributed by atoms with Gasteiger partial charge in [0.1, 0.15) is 29.6 Å². The number of carboxylic acid groups (broad SMARTS) is 1. The van der Waals surface area contributed by atoms with Crippen LogP contribution in [0.2, 0.25) is 0 Å². The topological polar surface area (TPSA) is 211 Å². The summed E-state index contributed by atoms with van der Waals surface area (Å²) in [5, 5.41) is 45.6. The van der Waals surface area contributed by atoms with Crippen LogP contribution in [0, 0.1) is 5.92 Å². The predicted octanol–water partition coefficient (Wildman–Crippen LogP) is -0.212. The highest BCUT2D eigenvalue weighted by Crippen LogP contribution is 2.13. The summed E-state index contributed by atoms with van der Waals surface area (Å²) in [5.41, 5.74) is 7.08. The van der Waals surface area contributed by atoms with Crippen LogP contribution in [0.4, 0.5) is 0 Å². The molecule has 0 saturated heterocycles. The van der Waals surface area contributed by atoms with Crippen molar-refractivity contribution in [3.63, 3.8) is 0 Å². The molecule has 2 aromatic rings. The lowest BCUT2D eigenvalue weighted by Gasteiger charge is -2.25. The number of benzene rings is 2. The second-order valence-corrected chi connectivity index (χ2v) is 9.68. The molecule has 12 heteroatoms. The van der Waals surface area contributed by atoms with E-state index in [9.17, 15) is 39.6 Å². The van der Waals surface area contributed by atoms with Gasteiger partial charge in [-0.05, 0) is 47.7 Å². The van der Waals surface area contributed by atoms with Crippen LogP contribution < -0.4 is 21.7 Å². The van der Waals surface area contributed by atoms with Gasteiger partial charge in [0.2, 0.25) is 17.7 Å². The zero-order valence-corrected chi connectivity index (χ0v) is 21.8. The molecule has 0 aliphatic rings. The van der Waals surface area contributed by atoms with Crippen molar-refractivity contribution in [3.05, 3.63) is 59.7 Å². The van der Waals surface area contributed by atoms with Crippen LogP contribution in [0.15, 0.2) is 48.5 Å². The first-order valence-electron chi connectivity index (χ1n) is 12.5. The molecule has 4 unspecified atom stereocenters. The fraction of sp³-hybridized carbons (Fsp3) is 0.407. The lowest BCUT2D eigenvalue weighted by Crippen LogP contribution is -2.58. The number of nitrogens with one attached hydrogen (secondary N) is 3. The van der Waals surface area contributed by atoms with E-state index in [-0.39, 0.29) is 30.3 Å². The van der Waals surface area contributed by atoms with Crippen molar-refractivity contribution < 1.29 is 39.6 Å². The summed E-state index contributed by atoms with van der Waals surface area (Å²) in [7, 11) is 0. The van der Waals surface area contributed by atoms with Crippen LogP contribution in [-0.4, -0.2) is 74.9 Å². The number of amides is 3. The maximum Gasteiger partial charge on any atom is 0.326 e. The molecular weight excluding hydrogens is 508 g/mol. The van der Waals surface area contributed by atoms with Crippen molar-refractivity contribution in [3.8, 4) is 11.5 Å². The lowest BCUT2D eigenvalue weighted by molar-refractivity contribution is -0.142. The van der Waals surface area contributed by atoms with Gasteiger partial charge in [0.25, 0.3) is 0 Å². The predicted molar refractivity (Wildman–Crippen MR) is 142 cm³/mol. The summed E-state index contributed by atoms with van der Waals surface area (Å²) in [6, 6.07) is 6.76. The average molecular weight is 545 g/mol. The van der Waals surface area contributed by atoms with Crippen LogP contribution in [0.25, 0.3) is 0 Å². The summed E-state index contributed by atoms with van der Waals surface area (Å²) < 4.78 is 0. The number of carbonyl (C=O) groups excluding carboxylic acids is 3. The number of aliphatic hydroxyl groups excluding tert-OH is 1. The smallest absolute Gasteiger partial charge is 0.326 e. The van der Waals surface area contributed by atoms with Gasteiger partial charge in [-0.25, -0.2) is 4.79 Å². The molecule has 0 radical (unpaired) electrons. The van der Waals surface area contributed by atoms with Crippen molar-refractivity contribution in [2.75, 3.05) is 6.61 Å². The number of hydrogen-bond donors (Lipinski definition) is 8. The second kappa shape index (κ2) is 14.7. The molecule has 0 aliphatic carbocycles. The molecule has 39 heavy (non-hydrogen) atoms. The second-order valence-electron chi connectivity index (χ2n) is 9.68. The van der Waals surface area contributed by atoms with Gasteiger partial charge in [0, 0.05) is 12.8 Å². The number of hydrogen-bond acceptors (Lipinski definition) is 8. The zero-order chi connectivity index (χ0) is 29.1. The van der Waals surface area contributed by atoms with Crippen molar-refractivity contribution in [2.24, 2.45) is 11.7 Å². The number of carbonyl (C=O) groups is 4. The first-order chi connectivity index (χ1) is 18.4. The molecule has 9 N–H and O–H groups in total. The van der Waals surface area contributed by atoms with E-state index in [1.807, 2.05) is 13.8 Å². The normalized spacial score (nSPS) is 14.1.